The molecule has 0 aromatic carbocycles. The minimum atomic E-state index is -0.938. The van der Waals surface area contributed by atoms with E-state index in [1.807, 2.05) is 0 Å². The molecule has 0 rings (SSSR count). The van der Waals surface area contributed by atoms with Crippen LogP contribution in [0.25, 0.3) is 0 Å². The summed E-state index contributed by atoms with van der Waals surface area (Å²) in [5.41, 5.74) is 0. The van der Waals surface area contributed by atoms with Crippen molar-refractivity contribution in [2.24, 2.45) is 0 Å². The van der Waals surface area contributed by atoms with Gasteiger partial charge in [-0.25, -0.2) is 4.79 Å². The standard InChI is InChI=1S/C3H3BrO2/c4-2-1-3(5)6/h1-2H,(H,5,6)/b2-1+. The van der Waals surface area contributed by atoms with Crippen LogP contribution in [0, 0.1) is 0 Å². The second-order valence-electron chi connectivity index (χ2n) is 0.631. The molecule has 0 spiro atoms. The smallest absolute Gasteiger partial charge is 0.328 e. The lowest BCUT2D eigenvalue weighted by Crippen LogP contribution is -1.83. The van der Waals surface area contributed by atoms with Gasteiger partial charge in [0.05, 0.1) is 0 Å². The van der Waals surface area contributed by atoms with Crippen LogP contribution in [0.15, 0.2) is 11.1 Å². The van der Waals surface area contributed by atoms with Gasteiger partial charge in [-0.1, -0.05) is 15.9 Å². The highest BCUT2D eigenvalue weighted by Gasteiger charge is 1.77. The molecule has 0 aliphatic carbocycles. The molecule has 0 aromatic heterocycles. The van der Waals surface area contributed by atoms with Crippen LogP contribution in [0.3, 0.4) is 0 Å². The van der Waals surface area contributed by atoms with Gasteiger partial charge in [-0.2, -0.15) is 0 Å². The van der Waals surface area contributed by atoms with Crippen molar-refractivity contribution in [1.29, 1.82) is 0 Å². The number of carboxylic acids is 1. The number of rotatable bonds is 1. The van der Waals surface area contributed by atoms with E-state index in [2.05, 4.69) is 15.9 Å². The molecule has 0 amide bonds. The molecule has 0 saturated heterocycles. The van der Waals surface area contributed by atoms with Crippen LogP contribution in [0.1, 0.15) is 0 Å². The van der Waals surface area contributed by atoms with Crippen molar-refractivity contribution in [2.45, 2.75) is 0 Å². The predicted molar refractivity (Wildman–Crippen MR) is 25.7 cm³/mol. The fourth-order valence-corrected chi connectivity index (χ4v) is 0.280. The molecular weight excluding hydrogens is 148 g/mol. The molecule has 2 nitrogen and oxygen atoms in total. The Kier molecular flexibility index (Phi) is 2.75. The van der Waals surface area contributed by atoms with Crippen molar-refractivity contribution in [3.05, 3.63) is 11.1 Å². The van der Waals surface area contributed by atoms with Crippen LogP contribution in [0.2, 0.25) is 0 Å². The largest absolute Gasteiger partial charge is 0.478 e. The Bertz CT molecular complexity index is 76.9. The van der Waals surface area contributed by atoms with Crippen LogP contribution in [-0.4, -0.2) is 11.1 Å². The van der Waals surface area contributed by atoms with E-state index in [1.54, 1.807) is 0 Å². The van der Waals surface area contributed by atoms with Gasteiger partial charge >= 0.3 is 5.97 Å². The van der Waals surface area contributed by atoms with Crippen molar-refractivity contribution in [2.75, 3.05) is 0 Å². The molecule has 0 aliphatic heterocycles. The Morgan fingerprint density at radius 2 is 2.33 bits per heavy atom. The highest BCUT2D eigenvalue weighted by atomic mass is 79.9. The molecule has 0 aromatic rings. The summed E-state index contributed by atoms with van der Waals surface area (Å²) in [5, 5.41) is 7.80. The van der Waals surface area contributed by atoms with E-state index in [1.165, 1.54) is 4.99 Å². The summed E-state index contributed by atoms with van der Waals surface area (Å²) >= 11 is 2.79. The Morgan fingerprint density at radius 3 is 2.33 bits per heavy atom. The molecule has 0 aliphatic rings. The number of hydrogen-bond donors (Lipinski definition) is 1. The van der Waals surface area contributed by atoms with Gasteiger partial charge < -0.3 is 5.11 Å². The van der Waals surface area contributed by atoms with E-state index < -0.39 is 5.97 Å². The summed E-state index contributed by atoms with van der Waals surface area (Å²) in [6.45, 7) is 0. The molecule has 0 fully saturated rings. The summed E-state index contributed by atoms with van der Waals surface area (Å²) in [5.74, 6) is -0.938. The van der Waals surface area contributed by atoms with Crippen LogP contribution in [0.5, 0.6) is 0 Å². The molecule has 34 valence electrons. The van der Waals surface area contributed by atoms with Gasteiger partial charge in [-0.05, 0) is 4.99 Å². The summed E-state index contributed by atoms with van der Waals surface area (Å²) in [4.78, 5) is 10.8. The van der Waals surface area contributed by atoms with Gasteiger partial charge in [0.1, 0.15) is 0 Å². The molecule has 0 heterocycles. The lowest BCUT2D eigenvalue weighted by Gasteiger charge is -1.67. The maximum atomic E-state index is 9.48. The number of aliphatic carboxylic acids is 1. The van der Waals surface area contributed by atoms with Crippen molar-refractivity contribution >= 4 is 21.9 Å². The fourth-order valence-electron chi connectivity index (χ4n) is 0.0539. The second-order valence-corrected chi connectivity index (χ2v) is 1.16. The monoisotopic (exact) mass is 150 g/mol. The Balaban J connectivity index is 3.30. The van der Waals surface area contributed by atoms with Crippen LogP contribution < -0.4 is 0 Å². The Hall–Kier alpha value is -0.310. The summed E-state index contributed by atoms with van der Waals surface area (Å²) in [7, 11) is 0. The second kappa shape index (κ2) is 2.90. The maximum Gasteiger partial charge on any atom is 0.328 e. The third kappa shape index (κ3) is 3.69. The average Bonchev–Trinajstić information content (AvgIpc) is 1.35. The molecule has 0 atom stereocenters. The van der Waals surface area contributed by atoms with Gasteiger partial charge in [0.2, 0.25) is 0 Å². The van der Waals surface area contributed by atoms with E-state index in [9.17, 15) is 4.79 Å². The minimum absolute atomic E-state index is 0.938. The van der Waals surface area contributed by atoms with Gasteiger partial charge in [-0.15, -0.1) is 0 Å². The SMILES string of the molecule is O=C(O)/C=C/Br. The van der Waals surface area contributed by atoms with E-state index in [0.717, 1.165) is 6.08 Å². The van der Waals surface area contributed by atoms with E-state index in [-0.39, 0.29) is 0 Å². The quantitative estimate of drug-likeness (QED) is 0.567. The molecule has 0 bridgehead atoms. The summed E-state index contributed by atoms with van der Waals surface area (Å²) in [6.07, 6.45) is 1.00. The zero-order chi connectivity index (χ0) is 4.99. The van der Waals surface area contributed by atoms with E-state index in [0.29, 0.717) is 0 Å². The van der Waals surface area contributed by atoms with E-state index >= 15 is 0 Å². The van der Waals surface area contributed by atoms with Crippen molar-refractivity contribution in [3.8, 4) is 0 Å². The van der Waals surface area contributed by atoms with Crippen LogP contribution >= 0.6 is 15.9 Å². The first-order valence-electron chi connectivity index (χ1n) is 1.27. The minimum Gasteiger partial charge on any atom is -0.478 e. The van der Waals surface area contributed by atoms with Crippen LogP contribution in [0.4, 0.5) is 0 Å². The summed E-state index contributed by atoms with van der Waals surface area (Å²) < 4.78 is 0. The third-order valence-corrected chi connectivity index (χ3v) is 0.470. The normalized spacial score (nSPS) is 9.50. The molecular formula is C3H3BrO2. The van der Waals surface area contributed by atoms with Crippen molar-refractivity contribution in [1.82, 2.24) is 0 Å². The van der Waals surface area contributed by atoms with E-state index in [4.69, 9.17) is 5.11 Å². The highest BCUT2D eigenvalue weighted by molar-refractivity contribution is 9.11. The first-order chi connectivity index (χ1) is 2.77. The van der Waals surface area contributed by atoms with Crippen molar-refractivity contribution < 1.29 is 9.90 Å². The fraction of sp³-hybridized carbons (Fsp3) is 0. The highest BCUT2D eigenvalue weighted by Crippen LogP contribution is 1.79. The molecule has 0 radical (unpaired) electrons. The zero-order valence-corrected chi connectivity index (χ0v) is 4.47. The van der Waals surface area contributed by atoms with Crippen molar-refractivity contribution in [3.63, 3.8) is 0 Å². The Morgan fingerprint density at radius 1 is 1.83 bits per heavy atom. The molecule has 0 saturated carbocycles. The zero-order valence-electron chi connectivity index (χ0n) is 2.89. The van der Waals surface area contributed by atoms with Gasteiger partial charge in [0, 0.05) is 6.08 Å². The lowest BCUT2D eigenvalue weighted by atomic mass is 10.7. The van der Waals surface area contributed by atoms with Gasteiger partial charge in [-0.3, -0.25) is 0 Å². The van der Waals surface area contributed by atoms with Crippen LogP contribution in [-0.2, 0) is 4.79 Å². The number of carboxylic acid groups (broad SMARTS) is 1. The average molecular weight is 151 g/mol. The third-order valence-electron chi connectivity index (χ3n) is 0.206. The number of hydrogen-bond acceptors (Lipinski definition) is 1. The summed E-state index contributed by atoms with van der Waals surface area (Å²) in [6, 6.07) is 0. The molecule has 0 unspecified atom stereocenters. The topological polar surface area (TPSA) is 37.3 Å². The maximum absolute atomic E-state index is 9.48. The predicted octanol–water partition coefficient (Wildman–Crippen LogP) is 0.980. The lowest BCUT2D eigenvalue weighted by molar-refractivity contribution is -0.131. The molecule has 3 heteroatoms. The Labute approximate surface area is 43.6 Å². The van der Waals surface area contributed by atoms with Gasteiger partial charge in [0.15, 0.2) is 0 Å². The molecule has 1 N–H and O–H groups in total. The number of carbonyl (C=O) groups is 1. The molecule has 6 heavy (non-hydrogen) atoms. The first-order valence-corrected chi connectivity index (χ1v) is 2.18. The first kappa shape index (κ1) is 5.69. The number of halogens is 1. The van der Waals surface area contributed by atoms with Gasteiger partial charge in [0.25, 0.3) is 0 Å².